The molecule has 0 fully saturated rings. The summed E-state index contributed by atoms with van der Waals surface area (Å²) >= 11 is 0. The van der Waals surface area contributed by atoms with E-state index in [9.17, 15) is 23.2 Å². The molecule has 7 heteroatoms. The second-order valence-corrected chi connectivity index (χ2v) is 5.32. The average molecular weight is 321 g/mol. The van der Waals surface area contributed by atoms with Gasteiger partial charge in [-0.05, 0) is 18.6 Å². The molecule has 0 atom stereocenters. The molecule has 1 aliphatic rings. The number of benzene rings is 1. The Balaban J connectivity index is 2.39. The van der Waals surface area contributed by atoms with E-state index in [0.29, 0.717) is 11.9 Å². The van der Waals surface area contributed by atoms with Gasteiger partial charge in [0, 0.05) is 11.9 Å². The van der Waals surface area contributed by atoms with Crippen molar-refractivity contribution in [2.45, 2.75) is 32.2 Å². The largest absolute Gasteiger partial charge is 0.420 e. The molecule has 0 saturated heterocycles. The molecule has 1 aromatic heterocycles. The highest BCUT2D eigenvalue weighted by Gasteiger charge is 2.55. The zero-order chi connectivity index (χ0) is 16.8. The molecule has 0 unspecified atom stereocenters. The fourth-order valence-electron chi connectivity index (χ4n) is 2.63. The number of unbranched alkanes of at least 4 members (excludes halogenated alkanes) is 1. The monoisotopic (exact) mass is 321 g/mol. The normalized spacial score (nSPS) is 16.3. The van der Waals surface area contributed by atoms with Crippen molar-refractivity contribution < 1.29 is 23.1 Å². The van der Waals surface area contributed by atoms with E-state index in [1.165, 1.54) is 10.6 Å². The van der Waals surface area contributed by atoms with Crippen LogP contribution in [0, 0.1) is 0 Å². The summed E-state index contributed by atoms with van der Waals surface area (Å²) in [5.74, 6) is -8.47. The molecule has 0 bridgehead atoms. The Morgan fingerprint density at radius 3 is 2.57 bits per heavy atom. The summed E-state index contributed by atoms with van der Waals surface area (Å²) in [7, 11) is 0. The molecule has 120 valence electrons. The maximum atomic E-state index is 13.7. The first kappa shape index (κ1) is 15.3. The van der Waals surface area contributed by atoms with Crippen LogP contribution in [0.15, 0.2) is 29.1 Å². The second-order valence-electron chi connectivity index (χ2n) is 5.32. The van der Waals surface area contributed by atoms with Crippen molar-refractivity contribution in [1.82, 2.24) is 4.57 Å². The Kier molecular flexibility index (Phi) is 3.50. The first-order valence-corrected chi connectivity index (χ1v) is 7.20. The van der Waals surface area contributed by atoms with Crippen LogP contribution in [-0.2, 0) is 11.3 Å². The molecule has 2 aromatic rings. The summed E-state index contributed by atoms with van der Waals surface area (Å²) in [6.07, 6.45) is 1.43. The van der Waals surface area contributed by atoms with Gasteiger partial charge in [0.1, 0.15) is 5.56 Å². The van der Waals surface area contributed by atoms with Crippen LogP contribution in [0.2, 0.25) is 0 Å². The van der Waals surface area contributed by atoms with Gasteiger partial charge in [0.2, 0.25) is 0 Å². The van der Waals surface area contributed by atoms with Gasteiger partial charge in [-0.25, -0.2) is 4.79 Å². The van der Waals surface area contributed by atoms with Gasteiger partial charge in [0.05, 0.1) is 5.52 Å². The van der Waals surface area contributed by atoms with E-state index in [1.807, 2.05) is 6.92 Å². The minimum absolute atomic E-state index is 0.287. The van der Waals surface area contributed by atoms with E-state index in [2.05, 4.69) is 4.74 Å². The number of aryl methyl sites for hydroxylation is 1. The van der Waals surface area contributed by atoms with Crippen molar-refractivity contribution >= 4 is 22.7 Å². The van der Waals surface area contributed by atoms with Crippen LogP contribution in [0.25, 0.3) is 10.9 Å². The number of fused-ring (bicyclic) bond motifs is 3. The zero-order valence-electron chi connectivity index (χ0n) is 12.3. The lowest BCUT2D eigenvalue weighted by atomic mass is 10.00. The molecule has 1 aromatic carbocycles. The predicted octanol–water partition coefficient (Wildman–Crippen LogP) is 2.54. The molecule has 0 amide bonds. The summed E-state index contributed by atoms with van der Waals surface area (Å²) in [4.78, 5) is 35.9. The number of pyridine rings is 1. The van der Waals surface area contributed by atoms with E-state index in [0.717, 1.165) is 6.42 Å². The first-order valence-electron chi connectivity index (χ1n) is 7.20. The third kappa shape index (κ3) is 2.15. The van der Waals surface area contributed by atoms with Gasteiger partial charge in [-0.2, -0.15) is 8.78 Å². The number of carbonyl (C=O) groups excluding carboxylic acids is 2. The molecule has 0 radical (unpaired) electrons. The molecular weight excluding hydrogens is 308 g/mol. The number of halogens is 2. The Morgan fingerprint density at radius 2 is 1.87 bits per heavy atom. The summed E-state index contributed by atoms with van der Waals surface area (Å²) < 4.78 is 33.3. The molecule has 0 spiro atoms. The molecule has 5 nitrogen and oxygen atoms in total. The number of hydrogen-bond donors (Lipinski definition) is 0. The van der Waals surface area contributed by atoms with E-state index in [1.54, 1.807) is 18.2 Å². The smallest absolute Gasteiger partial charge is 0.405 e. The van der Waals surface area contributed by atoms with Gasteiger partial charge in [-0.3, -0.25) is 9.59 Å². The van der Waals surface area contributed by atoms with Crippen LogP contribution in [-0.4, -0.2) is 22.2 Å². The van der Waals surface area contributed by atoms with Crippen LogP contribution in [0.4, 0.5) is 8.78 Å². The Bertz CT molecular complexity index is 886. The lowest BCUT2D eigenvalue weighted by Crippen LogP contribution is -2.48. The van der Waals surface area contributed by atoms with Crippen LogP contribution >= 0.6 is 0 Å². The van der Waals surface area contributed by atoms with Crippen molar-refractivity contribution in [2.24, 2.45) is 0 Å². The fourth-order valence-corrected chi connectivity index (χ4v) is 2.63. The SMILES string of the molecule is CCCCn1c(=O)c2c(c3ccccc31)OC(=O)C(F)(F)C2=O. The number of hydrogen-bond acceptors (Lipinski definition) is 4. The zero-order valence-corrected chi connectivity index (χ0v) is 12.3. The lowest BCUT2D eigenvalue weighted by Gasteiger charge is -2.23. The van der Waals surface area contributed by atoms with Crippen molar-refractivity contribution in [2.75, 3.05) is 0 Å². The summed E-state index contributed by atoms with van der Waals surface area (Å²) in [6.45, 7) is 2.21. The van der Waals surface area contributed by atoms with E-state index < -0.39 is 28.8 Å². The maximum absolute atomic E-state index is 13.7. The van der Waals surface area contributed by atoms with E-state index >= 15 is 0 Å². The van der Waals surface area contributed by atoms with Crippen LogP contribution < -0.4 is 10.3 Å². The Hall–Kier alpha value is -2.57. The standard InChI is InChI=1S/C16H13F2NO4/c1-2-3-8-19-10-7-5-4-6-9(10)12-11(14(19)21)13(20)16(17,18)15(22)23-12/h4-7H,2-3,8H2,1H3. The predicted molar refractivity (Wildman–Crippen MR) is 78.0 cm³/mol. The van der Waals surface area contributed by atoms with Gasteiger partial charge in [0.25, 0.3) is 11.3 Å². The van der Waals surface area contributed by atoms with Crippen LogP contribution in [0.1, 0.15) is 30.1 Å². The lowest BCUT2D eigenvalue weighted by molar-refractivity contribution is -0.156. The number of alkyl halides is 2. The fraction of sp³-hybridized carbons (Fsp3) is 0.312. The minimum atomic E-state index is -4.34. The number of para-hydroxylation sites is 1. The highest BCUT2D eigenvalue weighted by molar-refractivity contribution is 6.20. The number of esters is 1. The van der Waals surface area contributed by atoms with Crippen LogP contribution in [0.3, 0.4) is 0 Å². The number of rotatable bonds is 3. The number of Topliss-reactive ketones (excluding diaryl/α,β-unsaturated/α-hetero) is 1. The molecule has 0 saturated carbocycles. The number of ether oxygens (including phenoxy) is 1. The Labute approximate surface area is 129 Å². The third-order valence-corrected chi connectivity index (χ3v) is 3.82. The minimum Gasteiger partial charge on any atom is -0.420 e. The quantitative estimate of drug-likeness (QED) is 0.644. The van der Waals surface area contributed by atoms with E-state index in [-0.39, 0.29) is 17.7 Å². The number of aromatic nitrogens is 1. The third-order valence-electron chi connectivity index (χ3n) is 3.82. The van der Waals surface area contributed by atoms with Crippen LogP contribution in [0.5, 0.6) is 5.75 Å². The molecule has 1 aliphatic heterocycles. The molecule has 0 aliphatic carbocycles. The van der Waals surface area contributed by atoms with Crippen molar-refractivity contribution in [3.8, 4) is 5.75 Å². The summed E-state index contributed by atoms with van der Waals surface area (Å²) in [6, 6.07) is 6.44. The van der Waals surface area contributed by atoms with Gasteiger partial charge in [-0.1, -0.05) is 25.5 Å². The van der Waals surface area contributed by atoms with Crippen molar-refractivity contribution in [3.05, 3.63) is 40.2 Å². The first-order chi connectivity index (χ1) is 10.9. The second kappa shape index (κ2) is 5.26. The topological polar surface area (TPSA) is 65.4 Å². The van der Waals surface area contributed by atoms with E-state index in [4.69, 9.17) is 0 Å². The summed E-state index contributed by atoms with van der Waals surface area (Å²) in [5, 5.41) is 0.287. The molecule has 23 heavy (non-hydrogen) atoms. The number of ketones is 1. The van der Waals surface area contributed by atoms with Gasteiger partial charge >= 0.3 is 11.9 Å². The average Bonchev–Trinajstić information content (AvgIpc) is 2.53. The Morgan fingerprint density at radius 1 is 1.17 bits per heavy atom. The van der Waals surface area contributed by atoms with Gasteiger partial charge in [-0.15, -0.1) is 0 Å². The number of nitrogens with zero attached hydrogens (tertiary/aromatic N) is 1. The molecule has 2 heterocycles. The highest BCUT2D eigenvalue weighted by Crippen LogP contribution is 2.36. The highest BCUT2D eigenvalue weighted by atomic mass is 19.3. The van der Waals surface area contributed by atoms with Gasteiger partial charge in [0.15, 0.2) is 5.75 Å². The molecule has 3 rings (SSSR count). The summed E-state index contributed by atoms with van der Waals surface area (Å²) in [5.41, 5.74) is -1.18. The van der Waals surface area contributed by atoms with Crippen molar-refractivity contribution in [3.63, 3.8) is 0 Å². The molecular formula is C16H13F2NO4. The van der Waals surface area contributed by atoms with Gasteiger partial charge < -0.3 is 9.30 Å². The number of carbonyl (C=O) groups is 2. The molecule has 0 N–H and O–H groups in total. The maximum Gasteiger partial charge on any atom is 0.405 e. The van der Waals surface area contributed by atoms with Crippen molar-refractivity contribution in [1.29, 1.82) is 0 Å².